The van der Waals surface area contributed by atoms with E-state index in [0.29, 0.717) is 0 Å². The van der Waals surface area contributed by atoms with Gasteiger partial charge in [0.05, 0.1) is 13.2 Å². The molecular weight excluding hydrogens is 176 g/mol. The average molecular weight is 192 g/mol. The van der Waals surface area contributed by atoms with Gasteiger partial charge < -0.3 is 9.84 Å². The topological polar surface area (TPSA) is 29.5 Å². The minimum atomic E-state index is -0.402. The average Bonchev–Trinajstić information content (AvgIpc) is 2.18. The molecule has 1 aromatic rings. The van der Waals surface area contributed by atoms with Crippen molar-refractivity contribution >= 4 is 6.08 Å². The van der Waals surface area contributed by atoms with Crippen molar-refractivity contribution in [1.82, 2.24) is 0 Å². The highest BCUT2D eigenvalue weighted by atomic mass is 16.5. The Hall–Kier alpha value is -1.28. The lowest BCUT2D eigenvalue weighted by atomic mass is 10.1. The van der Waals surface area contributed by atoms with Gasteiger partial charge in [0, 0.05) is 0 Å². The van der Waals surface area contributed by atoms with Crippen molar-refractivity contribution in [1.29, 1.82) is 0 Å². The zero-order valence-corrected chi connectivity index (χ0v) is 8.82. The Bertz CT molecular complexity index is 327. The molecule has 14 heavy (non-hydrogen) atoms. The van der Waals surface area contributed by atoms with Crippen LogP contribution in [0.5, 0.6) is 5.75 Å². The molecule has 0 bridgehead atoms. The van der Waals surface area contributed by atoms with Crippen molar-refractivity contribution in [3.8, 4) is 5.75 Å². The Labute approximate surface area is 84.8 Å². The standard InChI is InChI=1S/C12H16O2/c1-9(10(2)13)7-11-5-4-6-12(8-11)14-3/h4-8,10,13H,1-3H3/b9-7+/t10-/m0/s1. The molecule has 0 aliphatic heterocycles. The maximum absolute atomic E-state index is 9.31. The molecule has 0 spiro atoms. The van der Waals surface area contributed by atoms with Crippen LogP contribution in [-0.4, -0.2) is 18.3 Å². The smallest absolute Gasteiger partial charge is 0.119 e. The van der Waals surface area contributed by atoms with Crippen LogP contribution >= 0.6 is 0 Å². The van der Waals surface area contributed by atoms with Gasteiger partial charge in [-0.05, 0) is 37.1 Å². The minimum Gasteiger partial charge on any atom is -0.497 e. The predicted molar refractivity (Wildman–Crippen MR) is 58.3 cm³/mol. The monoisotopic (exact) mass is 192 g/mol. The second-order valence-electron chi connectivity index (χ2n) is 3.34. The third-order valence-corrected chi connectivity index (χ3v) is 2.15. The second kappa shape index (κ2) is 4.82. The summed E-state index contributed by atoms with van der Waals surface area (Å²) in [5, 5.41) is 9.31. The fourth-order valence-electron chi connectivity index (χ4n) is 1.11. The summed E-state index contributed by atoms with van der Waals surface area (Å²) in [4.78, 5) is 0. The molecule has 0 saturated heterocycles. The van der Waals surface area contributed by atoms with E-state index < -0.39 is 6.10 Å². The molecule has 1 aromatic carbocycles. The number of aliphatic hydroxyl groups excluding tert-OH is 1. The Balaban J connectivity index is 2.91. The highest BCUT2D eigenvalue weighted by Crippen LogP contribution is 2.16. The lowest BCUT2D eigenvalue weighted by molar-refractivity contribution is 0.232. The number of hydrogen-bond donors (Lipinski definition) is 1. The van der Waals surface area contributed by atoms with Crippen LogP contribution in [0.1, 0.15) is 19.4 Å². The van der Waals surface area contributed by atoms with Gasteiger partial charge >= 0.3 is 0 Å². The fraction of sp³-hybridized carbons (Fsp3) is 0.333. The Morgan fingerprint density at radius 2 is 2.21 bits per heavy atom. The number of rotatable bonds is 3. The van der Waals surface area contributed by atoms with Crippen LogP contribution in [0, 0.1) is 0 Å². The predicted octanol–water partition coefficient (Wildman–Crippen LogP) is 2.48. The summed E-state index contributed by atoms with van der Waals surface area (Å²) in [6, 6.07) is 7.75. The quantitative estimate of drug-likeness (QED) is 0.797. The molecule has 0 aliphatic rings. The van der Waals surface area contributed by atoms with E-state index in [4.69, 9.17) is 4.74 Å². The van der Waals surface area contributed by atoms with Gasteiger partial charge in [0.25, 0.3) is 0 Å². The van der Waals surface area contributed by atoms with E-state index in [2.05, 4.69) is 0 Å². The lowest BCUT2D eigenvalue weighted by Gasteiger charge is -2.05. The normalized spacial score (nSPS) is 13.9. The molecule has 2 heteroatoms. The maximum Gasteiger partial charge on any atom is 0.119 e. The van der Waals surface area contributed by atoms with Gasteiger partial charge in [-0.1, -0.05) is 18.2 Å². The zero-order chi connectivity index (χ0) is 10.6. The Kier molecular flexibility index (Phi) is 3.72. The number of aliphatic hydroxyl groups is 1. The first-order valence-corrected chi connectivity index (χ1v) is 4.64. The Morgan fingerprint density at radius 1 is 1.50 bits per heavy atom. The summed E-state index contributed by atoms with van der Waals surface area (Å²) in [5.41, 5.74) is 1.99. The molecule has 0 radical (unpaired) electrons. The number of ether oxygens (including phenoxy) is 1. The van der Waals surface area contributed by atoms with Gasteiger partial charge in [0.2, 0.25) is 0 Å². The first-order valence-electron chi connectivity index (χ1n) is 4.64. The Morgan fingerprint density at radius 3 is 2.79 bits per heavy atom. The summed E-state index contributed by atoms with van der Waals surface area (Å²) in [6.07, 6.45) is 1.55. The highest BCUT2D eigenvalue weighted by molar-refractivity contribution is 5.55. The fourth-order valence-corrected chi connectivity index (χ4v) is 1.11. The first-order chi connectivity index (χ1) is 6.63. The van der Waals surface area contributed by atoms with Crippen LogP contribution < -0.4 is 4.74 Å². The second-order valence-corrected chi connectivity index (χ2v) is 3.34. The summed E-state index contributed by atoms with van der Waals surface area (Å²) < 4.78 is 5.11. The third kappa shape index (κ3) is 2.89. The SMILES string of the molecule is COc1cccc(/C=C(\C)[C@H](C)O)c1. The first kappa shape index (κ1) is 10.8. The summed E-state index contributed by atoms with van der Waals surface area (Å²) in [5.74, 6) is 0.831. The molecular formula is C12H16O2. The molecule has 0 aromatic heterocycles. The van der Waals surface area contributed by atoms with Crippen LogP contribution in [0.25, 0.3) is 6.08 Å². The molecule has 76 valence electrons. The van der Waals surface area contributed by atoms with E-state index in [1.165, 1.54) is 0 Å². The van der Waals surface area contributed by atoms with E-state index in [0.717, 1.165) is 16.9 Å². The maximum atomic E-state index is 9.31. The molecule has 0 saturated carbocycles. The van der Waals surface area contributed by atoms with Crippen molar-refractivity contribution in [2.75, 3.05) is 7.11 Å². The van der Waals surface area contributed by atoms with Crippen LogP contribution in [0.3, 0.4) is 0 Å². The molecule has 1 atom stereocenters. The van der Waals surface area contributed by atoms with Crippen LogP contribution in [0.15, 0.2) is 29.8 Å². The van der Waals surface area contributed by atoms with Gasteiger partial charge in [0.15, 0.2) is 0 Å². The van der Waals surface area contributed by atoms with Gasteiger partial charge in [-0.15, -0.1) is 0 Å². The van der Waals surface area contributed by atoms with E-state index in [-0.39, 0.29) is 0 Å². The molecule has 0 amide bonds. The van der Waals surface area contributed by atoms with Crippen molar-refractivity contribution in [3.05, 3.63) is 35.4 Å². The molecule has 0 fully saturated rings. The van der Waals surface area contributed by atoms with Crippen LogP contribution in [0.4, 0.5) is 0 Å². The van der Waals surface area contributed by atoms with Crippen LogP contribution in [-0.2, 0) is 0 Å². The molecule has 1 N–H and O–H groups in total. The largest absolute Gasteiger partial charge is 0.497 e. The summed E-state index contributed by atoms with van der Waals surface area (Å²) in [6.45, 7) is 3.66. The molecule has 0 aliphatic carbocycles. The van der Waals surface area contributed by atoms with E-state index >= 15 is 0 Å². The molecule has 1 rings (SSSR count). The van der Waals surface area contributed by atoms with E-state index in [1.54, 1.807) is 14.0 Å². The molecule has 2 nitrogen and oxygen atoms in total. The highest BCUT2D eigenvalue weighted by Gasteiger charge is 1.98. The van der Waals surface area contributed by atoms with Gasteiger partial charge in [-0.2, -0.15) is 0 Å². The molecule has 0 heterocycles. The van der Waals surface area contributed by atoms with Crippen molar-refractivity contribution < 1.29 is 9.84 Å². The van der Waals surface area contributed by atoms with Crippen LogP contribution in [0.2, 0.25) is 0 Å². The minimum absolute atomic E-state index is 0.402. The van der Waals surface area contributed by atoms with E-state index in [9.17, 15) is 5.11 Å². The van der Waals surface area contributed by atoms with Crippen molar-refractivity contribution in [3.63, 3.8) is 0 Å². The summed E-state index contributed by atoms with van der Waals surface area (Å²) >= 11 is 0. The molecule has 0 unspecified atom stereocenters. The van der Waals surface area contributed by atoms with Gasteiger partial charge in [-0.25, -0.2) is 0 Å². The summed E-state index contributed by atoms with van der Waals surface area (Å²) in [7, 11) is 1.64. The lowest BCUT2D eigenvalue weighted by Crippen LogP contribution is -2.00. The van der Waals surface area contributed by atoms with Gasteiger partial charge in [0.1, 0.15) is 5.75 Å². The zero-order valence-electron chi connectivity index (χ0n) is 8.82. The van der Waals surface area contributed by atoms with E-state index in [1.807, 2.05) is 37.3 Å². The third-order valence-electron chi connectivity index (χ3n) is 2.15. The van der Waals surface area contributed by atoms with Crippen molar-refractivity contribution in [2.24, 2.45) is 0 Å². The number of hydrogen-bond acceptors (Lipinski definition) is 2. The number of benzene rings is 1. The number of methoxy groups -OCH3 is 1. The van der Waals surface area contributed by atoms with Gasteiger partial charge in [-0.3, -0.25) is 0 Å². The van der Waals surface area contributed by atoms with Crippen molar-refractivity contribution in [2.45, 2.75) is 20.0 Å².